The Morgan fingerprint density at radius 3 is 2.62 bits per heavy atom. The van der Waals surface area contributed by atoms with Crippen LogP contribution in [0.15, 0.2) is 59.2 Å². The van der Waals surface area contributed by atoms with Crippen molar-refractivity contribution in [1.29, 1.82) is 0 Å². The minimum absolute atomic E-state index is 0.0701. The third-order valence-electron chi connectivity index (χ3n) is 3.78. The van der Waals surface area contributed by atoms with Crippen molar-refractivity contribution >= 4 is 35.0 Å². The van der Waals surface area contributed by atoms with Crippen LogP contribution in [-0.4, -0.2) is 22.5 Å². The van der Waals surface area contributed by atoms with Gasteiger partial charge in [0.05, 0.1) is 27.9 Å². The van der Waals surface area contributed by atoms with E-state index in [0.29, 0.717) is 17.0 Å². The molecule has 1 aliphatic heterocycles. The molecule has 1 aliphatic rings. The fraction of sp³-hybridized carbons (Fsp3) is 0.0556. The molecule has 1 heterocycles. The van der Waals surface area contributed by atoms with E-state index in [1.54, 1.807) is 19.1 Å². The van der Waals surface area contributed by atoms with Gasteiger partial charge in [-0.2, -0.15) is 10.1 Å². The Balaban J connectivity index is 1.96. The first-order valence-corrected chi connectivity index (χ1v) is 7.54. The molecule has 0 atom stereocenters. The van der Waals surface area contributed by atoms with Crippen molar-refractivity contribution in [3.05, 3.63) is 75.3 Å². The smallest absolute Gasteiger partial charge is 0.280 e. The summed E-state index contributed by atoms with van der Waals surface area (Å²) >= 11 is 0. The first kappa shape index (κ1) is 17.0. The number of carboxylic acids is 1. The number of aromatic carboxylic acids is 1. The molecule has 8 nitrogen and oxygen atoms in total. The number of hydrogen-bond acceptors (Lipinski definition) is 6. The normalized spacial score (nSPS) is 15.3. The highest BCUT2D eigenvalue weighted by molar-refractivity contribution is 6.32. The predicted molar refractivity (Wildman–Crippen MR) is 92.4 cm³/mol. The van der Waals surface area contributed by atoms with Crippen LogP contribution in [0, 0.1) is 10.1 Å². The van der Waals surface area contributed by atoms with Gasteiger partial charge < -0.3 is 9.90 Å². The minimum atomic E-state index is -1.36. The molecule has 2 aromatic carbocycles. The van der Waals surface area contributed by atoms with Gasteiger partial charge in [-0.25, -0.2) is 0 Å². The fourth-order valence-electron chi connectivity index (χ4n) is 2.52. The summed E-state index contributed by atoms with van der Waals surface area (Å²) < 4.78 is 0. The number of nitrogens with zero attached hydrogens (tertiary/aromatic N) is 3. The van der Waals surface area contributed by atoms with E-state index in [2.05, 4.69) is 5.10 Å². The Kier molecular flexibility index (Phi) is 4.32. The zero-order chi connectivity index (χ0) is 18.8. The van der Waals surface area contributed by atoms with E-state index in [4.69, 9.17) is 0 Å². The number of benzene rings is 2. The molecule has 0 unspecified atom stereocenters. The molecule has 0 saturated heterocycles. The number of amides is 1. The van der Waals surface area contributed by atoms with Crippen molar-refractivity contribution < 1.29 is 19.6 Å². The maximum atomic E-state index is 12.7. The van der Waals surface area contributed by atoms with E-state index in [9.17, 15) is 24.8 Å². The van der Waals surface area contributed by atoms with Gasteiger partial charge >= 0.3 is 0 Å². The van der Waals surface area contributed by atoms with Crippen molar-refractivity contribution in [1.82, 2.24) is 0 Å². The third-order valence-corrected chi connectivity index (χ3v) is 3.78. The van der Waals surface area contributed by atoms with Crippen LogP contribution in [0.3, 0.4) is 0 Å². The Bertz CT molecular complexity index is 994. The molecule has 26 heavy (non-hydrogen) atoms. The zero-order valence-corrected chi connectivity index (χ0v) is 13.6. The summed E-state index contributed by atoms with van der Waals surface area (Å²) in [5.41, 5.74) is 1.31. The number of hydrazone groups is 1. The van der Waals surface area contributed by atoms with Crippen LogP contribution < -0.4 is 10.1 Å². The van der Waals surface area contributed by atoms with Crippen molar-refractivity contribution in [3.63, 3.8) is 0 Å². The minimum Gasteiger partial charge on any atom is -0.545 e. The van der Waals surface area contributed by atoms with Gasteiger partial charge in [0.1, 0.15) is 0 Å². The molecule has 0 radical (unpaired) electrons. The number of rotatable bonds is 4. The second kappa shape index (κ2) is 6.60. The average Bonchev–Trinajstić information content (AvgIpc) is 2.90. The number of carbonyl (C=O) groups excluding carboxylic acids is 2. The second-order valence-electron chi connectivity index (χ2n) is 5.55. The average molecular weight is 350 g/mol. The lowest BCUT2D eigenvalue weighted by Crippen LogP contribution is -2.24. The first-order valence-electron chi connectivity index (χ1n) is 7.54. The highest BCUT2D eigenvalue weighted by Crippen LogP contribution is 2.26. The van der Waals surface area contributed by atoms with Crippen LogP contribution >= 0.6 is 0 Å². The number of nitro benzene ring substituents is 1. The maximum Gasteiger partial charge on any atom is 0.280 e. The molecule has 0 saturated carbocycles. The number of carboxylic acid groups (broad SMARTS) is 1. The van der Waals surface area contributed by atoms with Crippen LogP contribution in [0.5, 0.6) is 0 Å². The lowest BCUT2D eigenvalue weighted by molar-refractivity contribution is -0.384. The number of carbonyl (C=O) groups is 2. The van der Waals surface area contributed by atoms with E-state index in [0.717, 1.165) is 5.01 Å². The Morgan fingerprint density at radius 2 is 1.92 bits per heavy atom. The van der Waals surface area contributed by atoms with Gasteiger partial charge in [0.15, 0.2) is 0 Å². The van der Waals surface area contributed by atoms with E-state index >= 15 is 0 Å². The molecule has 0 fully saturated rings. The van der Waals surface area contributed by atoms with Crippen LogP contribution in [0.4, 0.5) is 11.4 Å². The Labute approximate surface area is 147 Å². The van der Waals surface area contributed by atoms with E-state index in [1.165, 1.54) is 42.5 Å². The number of nitro groups is 1. The van der Waals surface area contributed by atoms with Gasteiger partial charge in [-0.05, 0) is 36.3 Å². The standard InChI is InChI=1S/C18H13N3O5/c1-11-16(9-12-4-2-7-15(8-12)21(25)26)17(22)20(19-11)14-6-3-5-13(10-14)18(23)24/h2-10H,1H3,(H,23,24)/p-1/b16-9-. The van der Waals surface area contributed by atoms with Crippen LogP contribution in [0.2, 0.25) is 0 Å². The van der Waals surface area contributed by atoms with Crippen molar-refractivity contribution in [2.75, 3.05) is 5.01 Å². The van der Waals surface area contributed by atoms with Crippen LogP contribution in [0.25, 0.3) is 6.08 Å². The molecule has 130 valence electrons. The van der Waals surface area contributed by atoms with Gasteiger partial charge in [0, 0.05) is 12.1 Å². The summed E-state index contributed by atoms with van der Waals surface area (Å²) in [5.74, 6) is -1.81. The Morgan fingerprint density at radius 1 is 1.19 bits per heavy atom. The summed E-state index contributed by atoms with van der Waals surface area (Å²) in [6.07, 6.45) is 1.51. The van der Waals surface area contributed by atoms with Crippen molar-refractivity contribution in [2.24, 2.45) is 5.10 Å². The monoisotopic (exact) mass is 350 g/mol. The van der Waals surface area contributed by atoms with Crippen molar-refractivity contribution in [2.45, 2.75) is 6.92 Å². The molecule has 0 aromatic heterocycles. The molecule has 0 N–H and O–H groups in total. The molecule has 8 heteroatoms. The van der Waals surface area contributed by atoms with Gasteiger partial charge in [-0.3, -0.25) is 14.9 Å². The molecule has 0 aliphatic carbocycles. The quantitative estimate of drug-likeness (QED) is 0.473. The molecular formula is C18H12N3O5-. The summed E-state index contributed by atoms with van der Waals surface area (Å²) in [6, 6.07) is 11.6. The number of hydrogen-bond donors (Lipinski definition) is 0. The molecule has 0 spiro atoms. The summed E-state index contributed by atoms with van der Waals surface area (Å²) in [7, 11) is 0. The van der Waals surface area contributed by atoms with E-state index < -0.39 is 16.8 Å². The second-order valence-corrected chi connectivity index (χ2v) is 5.55. The third kappa shape index (κ3) is 3.20. The fourth-order valence-corrected chi connectivity index (χ4v) is 2.52. The molecule has 0 bridgehead atoms. The predicted octanol–water partition coefficient (Wildman–Crippen LogP) is 1.76. The number of anilines is 1. The van der Waals surface area contributed by atoms with Gasteiger partial charge in [-0.1, -0.05) is 24.3 Å². The molecular weight excluding hydrogens is 338 g/mol. The highest BCUT2D eigenvalue weighted by atomic mass is 16.6. The zero-order valence-electron chi connectivity index (χ0n) is 13.6. The van der Waals surface area contributed by atoms with Gasteiger partial charge in [0.2, 0.25) is 0 Å². The van der Waals surface area contributed by atoms with E-state index in [1.807, 2.05) is 0 Å². The maximum absolute atomic E-state index is 12.7. The van der Waals surface area contributed by atoms with Gasteiger partial charge in [0.25, 0.3) is 11.6 Å². The highest BCUT2D eigenvalue weighted by Gasteiger charge is 2.29. The Hall–Kier alpha value is -3.81. The molecule has 2 aromatic rings. The SMILES string of the molecule is CC1=NN(c2cccc(C(=O)[O-])c2)C(=O)/C1=C\c1cccc([N+](=O)[O-])c1. The summed E-state index contributed by atoms with van der Waals surface area (Å²) in [6.45, 7) is 1.63. The first-order chi connectivity index (χ1) is 12.4. The molecule has 3 rings (SSSR count). The lowest BCUT2D eigenvalue weighted by Gasteiger charge is -2.13. The van der Waals surface area contributed by atoms with E-state index in [-0.39, 0.29) is 16.8 Å². The van der Waals surface area contributed by atoms with Crippen molar-refractivity contribution in [3.8, 4) is 0 Å². The van der Waals surface area contributed by atoms with Gasteiger partial charge in [-0.15, -0.1) is 0 Å². The lowest BCUT2D eigenvalue weighted by atomic mass is 10.1. The van der Waals surface area contributed by atoms with Crippen LogP contribution in [-0.2, 0) is 4.79 Å². The largest absolute Gasteiger partial charge is 0.545 e. The van der Waals surface area contributed by atoms with Crippen LogP contribution in [0.1, 0.15) is 22.8 Å². The summed E-state index contributed by atoms with van der Waals surface area (Å²) in [5, 5.41) is 27.1. The summed E-state index contributed by atoms with van der Waals surface area (Å²) in [4.78, 5) is 34.0. The molecule has 1 amide bonds. The number of non-ortho nitro benzene ring substituents is 1. The topological polar surface area (TPSA) is 116 Å².